The minimum Gasteiger partial charge on any atom is -0.462 e. The minimum absolute atomic E-state index is 0.0641. The molecule has 0 heterocycles. The summed E-state index contributed by atoms with van der Waals surface area (Å²) in [5.41, 5.74) is 0. The van der Waals surface area contributed by atoms with Gasteiger partial charge >= 0.3 is 17.9 Å². The molecule has 0 unspecified atom stereocenters. The van der Waals surface area contributed by atoms with Crippen molar-refractivity contribution in [1.29, 1.82) is 0 Å². The molecule has 51 heavy (non-hydrogen) atoms. The molecule has 6 nitrogen and oxygen atoms in total. The summed E-state index contributed by atoms with van der Waals surface area (Å²) in [5, 5.41) is 0. The van der Waals surface area contributed by atoms with Gasteiger partial charge in [-0.15, -0.1) is 0 Å². The van der Waals surface area contributed by atoms with Crippen molar-refractivity contribution in [2.45, 2.75) is 252 Å². The molecule has 6 heteroatoms. The summed E-state index contributed by atoms with van der Waals surface area (Å²) in [6.07, 6.45) is 38.0. The number of hydrogen-bond donors (Lipinski definition) is 0. The van der Waals surface area contributed by atoms with Crippen LogP contribution < -0.4 is 0 Å². The van der Waals surface area contributed by atoms with Crippen LogP contribution in [0.5, 0.6) is 0 Å². The van der Waals surface area contributed by atoms with Gasteiger partial charge in [0.1, 0.15) is 13.2 Å². The van der Waals surface area contributed by atoms with Gasteiger partial charge in [-0.25, -0.2) is 0 Å². The molecule has 1 atom stereocenters. The maximum atomic E-state index is 12.7. The van der Waals surface area contributed by atoms with Gasteiger partial charge in [0.15, 0.2) is 6.10 Å². The summed E-state index contributed by atoms with van der Waals surface area (Å²) in [6.45, 7) is 8.96. The number of unbranched alkanes of at least 4 members (excludes halogenated alkanes) is 27. The molecule has 0 spiro atoms. The number of esters is 3. The summed E-state index contributed by atoms with van der Waals surface area (Å²) >= 11 is 0. The first kappa shape index (κ1) is 49.4. The maximum Gasteiger partial charge on any atom is 0.306 e. The van der Waals surface area contributed by atoms with Crippen LogP contribution in [0.2, 0.25) is 0 Å². The highest BCUT2D eigenvalue weighted by molar-refractivity contribution is 5.71. The van der Waals surface area contributed by atoms with E-state index >= 15 is 0 Å². The third kappa shape index (κ3) is 39.5. The van der Waals surface area contributed by atoms with Crippen LogP contribution in [-0.4, -0.2) is 37.2 Å². The number of carbonyl (C=O) groups is 3. The van der Waals surface area contributed by atoms with Gasteiger partial charge in [0.2, 0.25) is 0 Å². The average molecular weight is 723 g/mol. The van der Waals surface area contributed by atoms with E-state index in [1.54, 1.807) is 0 Å². The number of ether oxygens (including phenoxy) is 3. The first-order valence-corrected chi connectivity index (χ1v) is 22.4. The van der Waals surface area contributed by atoms with Gasteiger partial charge in [0, 0.05) is 19.3 Å². The largest absolute Gasteiger partial charge is 0.462 e. The standard InChI is InChI=1S/C45H86O6/c1-5-7-9-11-13-15-20-24-28-32-36-43(46)49-39-42(51-45(48)38-34-30-26-21-16-14-12-10-8-6-2)40-50-44(47)37-33-29-25-22-18-17-19-23-27-31-35-41(3)4/h41-42H,5-40H2,1-4H3/t42-/m1/s1. The predicted octanol–water partition coefficient (Wildman–Crippen LogP) is 13.9. The number of rotatable bonds is 40. The fourth-order valence-electron chi connectivity index (χ4n) is 6.63. The van der Waals surface area contributed by atoms with Gasteiger partial charge < -0.3 is 14.2 Å². The zero-order chi connectivity index (χ0) is 37.5. The average Bonchev–Trinajstić information content (AvgIpc) is 3.11. The fourth-order valence-corrected chi connectivity index (χ4v) is 6.63. The van der Waals surface area contributed by atoms with E-state index in [0.29, 0.717) is 19.3 Å². The SMILES string of the molecule is CCCCCCCCCCCCC(=O)OC[C@H](COC(=O)CCCCCCCCCCCCC(C)C)OC(=O)CCCCCCCCCCCC. The molecule has 0 bridgehead atoms. The van der Waals surface area contributed by atoms with Crippen LogP contribution in [0.3, 0.4) is 0 Å². The first-order valence-electron chi connectivity index (χ1n) is 22.4. The Kier molecular flexibility index (Phi) is 38.4. The lowest BCUT2D eigenvalue weighted by molar-refractivity contribution is -0.167. The normalized spacial score (nSPS) is 11.9. The Balaban J connectivity index is 4.31. The van der Waals surface area contributed by atoms with Crippen molar-refractivity contribution in [2.24, 2.45) is 5.92 Å². The molecule has 0 rings (SSSR count). The van der Waals surface area contributed by atoms with Crippen molar-refractivity contribution in [3.63, 3.8) is 0 Å². The van der Waals surface area contributed by atoms with Gasteiger partial charge in [0.25, 0.3) is 0 Å². The maximum absolute atomic E-state index is 12.7. The Morgan fingerprint density at radius 1 is 0.373 bits per heavy atom. The molecule has 0 radical (unpaired) electrons. The van der Waals surface area contributed by atoms with Gasteiger partial charge in [-0.1, -0.05) is 207 Å². The molecule has 0 saturated carbocycles. The smallest absolute Gasteiger partial charge is 0.306 e. The quantitative estimate of drug-likeness (QED) is 0.0356. The monoisotopic (exact) mass is 723 g/mol. The Morgan fingerprint density at radius 2 is 0.647 bits per heavy atom. The van der Waals surface area contributed by atoms with Crippen LogP contribution in [0, 0.1) is 5.92 Å². The van der Waals surface area contributed by atoms with Crippen molar-refractivity contribution < 1.29 is 28.6 Å². The van der Waals surface area contributed by atoms with E-state index in [1.165, 1.54) is 141 Å². The summed E-state index contributed by atoms with van der Waals surface area (Å²) in [5.74, 6) is -0.0394. The number of hydrogen-bond acceptors (Lipinski definition) is 6. The molecule has 0 aromatic rings. The van der Waals surface area contributed by atoms with Crippen molar-refractivity contribution >= 4 is 17.9 Å². The van der Waals surface area contributed by atoms with Crippen LogP contribution >= 0.6 is 0 Å². The van der Waals surface area contributed by atoms with Crippen LogP contribution in [-0.2, 0) is 28.6 Å². The molecule has 0 saturated heterocycles. The molecule has 0 amide bonds. The van der Waals surface area contributed by atoms with Gasteiger partial charge in [-0.05, 0) is 25.2 Å². The van der Waals surface area contributed by atoms with Gasteiger partial charge in [-0.2, -0.15) is 0 Å². The van der Waals surface area contributed by atoms with Gasteiger partial charge in [-0.3, -0.25) is 14.4 Å². The molecule has 0 aliphatic carbocycles. The Labute approximate surface area is 317 Å². The second-order valence-electron chi connectivity index (χ2n) is 15.8. The zero-order valence-electron chi connectivity index (χ0n) is 34.6. The highest BCUT2D eigenvalue weighted by atomic mass is 16.6. The second kappa shape index (κ2) is 39.6. The molecule has 0 fully saturated rings. The third-order valence-corrected chi connectivity index (χ3v) is 10.0. The van der Waals surface area contributed by atoms with E-state index in [9.17, 15) is 14.4 Å². The summed E-state index contributed by atoms with van der Waals surface area (Å²) in [6, 6.07) is 0. The lowest BCUT2D eigenvalue weighted by Crippen LogP contribution is -2.30. The van der Waals surface area contributed by atoms with Gasteiger partial charge in [0.05, 0.1) is 0 Å². The fraction of sp³-hybridized carbons (Fsp3) is 0.933. The van der Waals surface area contributed by atoms with Crippen LogP contribution in [0.4, 0.5) is 0 Å². The predicted molar refractivity (Wildman–Crippen MR) is 215 cm³/mol. The Hall–Kier alpha value is -1.59. The molecular weight excluding hydrogens is 636 g/mol. The molecule has 0 aromatic heterocycles. The topological polar surface area (TPSA) is 78.9 Å². The summed E-state index contributed by atoms with van der Waals surface area (Å²) in [7, 11) is 0. The van der Waals surface area contributed by atoms with Crippen molar-refractivity contribution in [3.8, 4) is 0 Å². The molecule has 0 aliphatic heterocycles. The van der Waals surface area contributed by atoms with Crippen LogP contribution in [0.15, 0.2) is 0 Å². The number of carbonyl (C=O) groups excluding carboxylic acids is 3. The first-order chi connectivity index (χ1) is 24.9. The second-order valence-corrected chi connectivity index (χ2v) is 15.8. The van der Waals surface area contributed by atoms with E-state index in [0.717, 1.165) is 63.7 Å². The summed E-state index contributed by atoms with van der Waals surface area (Å²) < 4.78 is 16.7. The lowest BCUT2D eigenvalue weighted by Gasteiger charge is -2.18. The lowest BCUT2D eigenvalue weighted by atomic mass is 10.0. The van der Waals surface area contributed by atoms with E-state index < -0.39 is 6.10 Å². The van der Waals surface area contributed by atoms with Crippen molar-refractivity contribution in [1.82, 2.24) is 0 Å². The third-order valence-electron chi connectivity index (χ3n) is 10.0. The molecule has 0 aliphatic rings. The highest BCUT2D eigenvalue weighted by Gasteiger charge is 2.19. The van der Waals surface area contributed by atoms with E-state index in [4.69, 9.17) is 14.2 Å². The van der Waals surface area contributed by atoms with Crippen molar-refractivity contribution in [3.05, 3.63) is 0 Å². The van der Waals surface area contributed by atoms with E-state index in [-0.39, 0.29) is 31.1 Å². The summed E-state index contributed by atoms with van der Waals surface area (Å²) in [4.78, 5) is 37.6. The molecular formula is C45H86O6. The van der Waals surface area contributed by atoms with Crippen molar-refractivity contribution in [2.75, 3.05) is 13.2 Å². The minimum atomic E-state index is -0.758. The van der Waals surface area contributed by atoms with E-state index in [1.807, 2.05) is 0 Å². The molecule has 302 valence electrons. The Bertz CT molecular complexity index is 766. The van der Waals surface area contributed by atoms with Crippen LogP contribution in [0.1, 0.15) is 246 Å². The zero-order valence-corrected chi connectivity index (χ0v) is 34.6. The van der Waals surface area contributed by atoms with Crippen LogP contribution in [0.25, 0.3) is 0 Å². The Morgan fingerprint density at radius 3 is 0.961 bits per heavy atom. The highest BCUT2D eigenvalue weighted by Crippen LogP contribution is 2.16. The molecule has 0 N–H and O–H groups in total. The molecule has 0 aromatic carbocycles. The van der Waals surface area contributed by atoms with E-state index in [2.05, 4.69) is 27.7 Å².